The molecule has 5 heteroatoms. The van der Waals surface area contributed by atoms with E-state index < -0.39 is 5.97 Å². The standard InChI is InChI=1S/C13H14N2O2S/c1-8(2)18-10-5-3-9(4-6-10)11-7-14-12(15-11)13(16)17/h3-8H,1-2H3,(H,14,15)(H,16,17). The van der Waals surface area contributed by atoms with Gasteiger partial charge in [-0.1, -0.05) is 26.0 Å². The number of hydrogen-bond donors (Lipinski definition) is 2. The van der Waals surface area contributed by atoms with Gasteiger partial charge in [-0.25, -0.2) is 9.78 Å². The number of hydrogen-bond acceptors (Lipinski definition) is 3. The third-order valence-corrected chi connectivity index (χ3v) is 3.33. The fourth-order valence-electron chi connectivity index (χ4n) is 1.56. The molecular weight excluding hydrogens is 248 g/mol. The summed E-state index contributed by atoms with van der Waals surface area (Å²) in [6, 6.07) is 7.98. The van der Waals surface area contributed by atoms with Gasteiger partial charge in [-0.2, -0.15) is 0 Å². The summed E-state index contributed by atoms with van der Waals surface area (Å²) in [6.07, 6.45) is 1.54. The Morgan fingerprint density at radius 3 is 2.50 bits per heavy atom. The first-order valence-electron chi connectivity index (χ1n) is 5.61. The van der Waals surface area contributed by atoms with E-state index in [0.29, 0.717) is 10.9 Å². The quantitative estimate of drug-likeness (QED) is 0.830. The lowest BCUT2D eigenvalue weighted by Crippen LogP contribution is -1.98. The molecule has 0 atom stereocenters. The molecule has 0 aliphatic rings. The SMILES string of the molecule is CC(C)Sc1ccc(-c2cnc(C(=O)O)[nH]2)cc1. The van der Waals surface area contributed by atoms with Crippen LogP contribution in [-0.2, 0) is 0 Å². The number of nitrogens with zero attached hydrogens (tertiary/aromatic N) is 1. The van der Waals surface area contributed by atoms with Gasteiger partial charge >= 0.3 is 5.97 Å². The molecule has 94 valence electrons. The van der Waals surface area contributed by atoms with Gasteiger partial charge in [-0.05, 0) is 17.7 Å². The average Bonchev–Trinajstić information content (AvgIpc) is 2.78. The maximum Gasteiger partial charge on any atom is 0.371 e. The number of thioether (sulfide) groups is 1. The second-order valence-electron chi connectivity index (χ2n) is 4.14. The van der Waals surface area contributed by atoms with E-state index in [9.17, 15) is 4.79 Å². The minimum absolute atomic E-state index is 0.0365. The van der Waals surface area contributed by atoms with Crippen LogP contribution in [0.1, 0.15) is 24.5 Å². The molecule has 0 saturated heterocycles. The maximum absolute atomic E-state index is 10.7. The van der Waals surface area contributed by atoms with E-state index in [1.165, 1.54) is 11.1 Å². The normalized spacial score (nSPS) is 10.8. The summed E-state index contributed by atoms with van der Waals surface area (Å²) in [7, 11) is 0. The summed E-state index contributed by atoms with van der Waals surface area (Å²) < 4.78 is 0. The smallest absolute Gasteiger partial charge is 0.371 e. The first-order chi connectivity index (χ1) is 8.56. The van der Waals surface area contributed by atoms with Crippen LogP contribution in [0.2, 0.25) is 0 Å². The van der Waals surface area contributed by atoms with Crippen LogP contribution in [0.15, 0.2) is 35.4 Å². The second kappa shape index (κ2) is 5.27. The van der Waals surface area contributed by atoms with Crippen molar-refractivity contribution in [1.29, 1.82) is 0 Å². The van der Waals surface area contributed by atoms with Crippen molar-refractivity contribution < 1.29 is 9.90 Å². The highest BCUT2D eigenvalue weighted by Crippen LogP contribution is 2.25. The summed E-state index contributed by atoms with van der Waals surface area (Å²) >= 11 is 1.79. The minimum atomic E-state index is -1.05. The lowest BCUT2D eigenvalue weighted by molar-refractivity contribution is 0.0685. The fraction of sp³-hybridized carbons (Fsp3) is 0.231. The second-order valence-corrected chi connectivity index (χ2v) is 5.79. The summed E-state index contributed by atoms with van der Waals surface area (Å²) in [5.41, 5.74) is 1.65. The highest BCUT2D eigenvalue weighted by atomic mass is 32.2. The van der Waals surface area contributed by atoms with Crippen LogP contribution < -0.4 is 0 Å². The third kappa shape index (κ3) is 2.92. The van der Waals surface area contributed by atoms with Gasteiger partial charge in [0.2, 0.25) is 5.82 Å². The highest BCUT2D eigenvalue weighted by Gasteiger charge is 2.09. The molecule has 0 bridgehead atoms. The predicted molar refractivity (Wildman–Crippen MR) is 72.0 cm³/mol. The minimum Gasteiger partial charge on any atom is -0.475 e. The summed E-state index contributed by atoms with van der Waals surface area (Å²) in [6.45, 7) is 4.29. The van der Waals surface area contributed by atoms with Crippen molar-refractivity contribution in [2.75, 3.05) is 0 Å². The number of nitrogens with one attached hydrogen (secondary N) is 1. The predicted octanol–water partition coefficient (Wildman–Crippen LogP) is 3.28. The summed E-state index contributed by atoms with van der Waals surface area (Å²) in [5.74, 6) is -1.08. The van der Waals surface area contributed by atoms with Crippen LogP contribution in [-0.4, -0.2) is 26.3 Å². The molecule has 0 radical (unpaired) electrons. The molecule has 0 aliphatic heterocycles. The zero-order valence-corrected chi connectivity index (χ0v) is 11.0. The molecule has 1 aromatic heterocycles. The highest BCUT2D eigenvalue weighted by molar-refractivity contribution is 7.99. The Bertz CT molecular complexity index is 546. The summed E-state index contributed by atoms with van der Waals surface area (Å²) in [4.78, 5) is 18.5. The first-order valence-corrected chi connectivity index (χ1v) is 6.49. The van der Waals surface area contributed by atoms with Gasteiger partial charge in [0.05, 0.1) is 11.9 Å². The van der Waals surface area contributed by atoms with Gasteiger partial charge in [0, 0.05) is 10.1 Å². The van der Waals surface area contributed by atoms with E-state index in [1.54, 1.807) is 11.8 Å². The Labute approximate surface area is 109 Å². The third-order valence-electron chi connectivity index (χ3n) is 2.32. The molecule has 4 nitrogen and oxygen atoms in total. The van der Waals surface area contributed by atoms with Crippen molar-refractivity contribution in [2.24, 2.45) is 0 Å². The van der Waals surface area contributed by atoms with Crippen molar-refractivity contribution in [3.8, 4) is 11.3 Å². The molecule has 0 fully saturated rings. The molecule has 1 heterocycles. The molecule has 0 aliphatic carbocycles. The van der Waals surface area contributed by atoms with E-state index in [4.69, 9.17) is 5.11 Å². The first kappa shape index (κ1) is 12.7. The molecule has 0 amide bonds. The summed E-state index contributed by atoms with van der Waals surface area (Å²) in [5, 5.41) is 9.33. The largest absolute Gasteiger partial charge is 0.475 e. The van der Waals surface area contributed by atoms with Gasteiger partial charge in [0.15, 0.2) is 0 Å². The number of carbonyl (C=O) groups is 1. The molecule has 0 unspecified atom stereocenters. The van der Waals surface area contributed by atoms with Crippen LogP contribution >= 0.6 is 11.8 Å². The average molecular weight is 262 g/mol. The van der Waals surface area contributed by atoms with Crippen LogP contribution in [0.3, 0.4) is 0 Å². The number of imidazole rings is 1. The van der Waals surface area contributed by atoms with Crippen LogP contribution in [0.25, 0.3) is 11.3 Å². The topological polar surface area (TPSA) is 66.0 Å². The fourth-order valence-corrected chi connectivity index (χ4v) is 2.40. The number of aromatic carboxylic acids is 1. The number of benzene rings is 1. The van der Waals surface area contributed by atoms with E-state index in [-0.39, 0.29) is 5.82 Å². The number of carboxylic acid groups (broad SMARTS) is 1. The number of aromatic amines is 1. The van der Waals surface area contributed by atoms with Crippen molar-refractivity contribution in [3.05, 3.63) is 36.3 Å². The molecule has 18 heavy (non-hydrogen) atoms. The van der Waals surface area contributed by atoms with Crippen LogP contribution in [0.4, 0.5) is 0 Å². The Morgan fingerprint density at radius 1 is 1.33 bits per heavy atom. The molecule has 2 N–H and O–H groups in total. The molecule has 1 aromatic carbocycles. The Balaban J connectivity index is 2.20. The van der Waals surface area contributed by atoms with Gasteiger partial charge in [-0.3, -0.25) is 0 Å². The number of aromatic nitrogens is 2. The molecule has 0 saturated carbocycles. The lowest BCUT2D eigenvalue weighted by Gasteiger charge is -2.05. The number of carboxylic acids is 1. The zero-order valence-electron chi connectivity index (χ0n) is 10.2. The number of H-pyrrole nitrogens is 1. The van der Waals surface area contributed by atoms with Gasteiger partial charge in [0.25, 0.3) is 0 Å². The van der Waals surface area contributed by atoms with Crippen molar-refractivity contribution >= 4 is 17.7 Å². The van der Waals surface area contributed by atoms with Gasteiger partial charge < -0.3 is 10.1 Å². The lowest BCUT2D eigenvalue weighted by atomic mass is 10.2. The van der Waals surface area contributed by atoms with E-state index >= 15 is 0 Å². The Morgan fingerprint density at radius 2 is 2.00 bits per heavy atom. The maximum atomic E-state index is 10.7. The Hall–Kier alpha value is -1.75. The van der Waals surface area contributed by atoms with Crippen molar-refractivity contribution in [1.82, 2.24) is 9.97 Å². The van der Waals surface area contributed by atoms with Crippen LogP contribution in [0.5, 0.6) is 0 Å². The van der Waals surface area contributed by atoms with E-state index in [1.807, 2.05) is 24.3 Å². The monoisotopic (exact) mass is 262 g/mol. The van der Waals surface area contributed by atoms with Crippen molar-refractivity contribution in [2.45, 2.75) is 24.0 Å². The van der Waals surface area contributed by atoms with Crippen molar-refractivity contribution in [3.63, 3.8) is 0 Å². The molecular formula is C13H14N2O2S. The molecule has 2 aromatic rings. The zero-order chi connectivity index (χ0) is 13.1. The Kier molecular flexibility index (Phi) is 3.72. The van der Waals surface area contributed by atoms with E-state index in [2.05, 4.69) is 23.8 Å². The van der Waals surface area contributed by atoms with Crippen LogP contribution in [0, 0.1) is 0 Å². The molecule has 2 rings (SSSR count). The molecule has 0 spiro atoms. The van der Waals surface area contributed by atoms with Gasteiger partial charge in [0.1, 0.15) is 0 Å². The van der Waals surface area contributed by atoms with Gasteiger partial charge in [-0.15, -0.1) is 11.8 Å². The van der Waals surface area contributed by atoms with E-state index in [0.717, 1.165) is 5.56 Å². The number of rotatable bonds is 4.